The maximum Gasteiger partial charge on any atom is 0.0868 e. The second-order valence-electron chi connectivity index (χ2n) is 4.86. The van der Waals surface area contributed by atoms with Gasteiger partial charge in [-0.25, -0.2) is 0 Å². The van der Waals surface area contributed by atoms with Gasteiger partial charge in [0.25, 0.3) is 0 Å². The summed E-state index contributed by atoms with van der Waals surface area (Å²) >= 11 is 6.34. The van der Waals surface area contributed by atoms with Gasteiger partial charge in [0, 0.05) is 12.7 Å². The summed E-state index contributed by atoms with van der Waals surface area (Å²) in [5, 5.41) is 8.65. The first-order valence-electron chi connectivity index (χ1n) is 6.54. The second-order valence-corrected chi connectivity index (χ2v) is 5.23. The van der Waals surface area contributed by atoms with Crippen LogP contribution in [-0.4, -0.2) is 9.78 Å². The van der Waals surface area contributed by atoms with Crippen LogP contribution in [0.3, 0.4) is 0 Å². The lowest BCUT2D eigenvalue weighted by atomic mass is 10.1. The van der Waals surface area contributed by atoms with Gasteiger partial charge in [-0.15, -0.1) is 0 Å². The minimum atomic E-state index is 0.687. The number of nitrogens with one attached hydrogen (secondary N) is 1. The van der Waals surface area contributed by atoms with E-state index in [1.165, 1.54) is 11.1 Å². The largest absolute Gasteiger partial charge is 0.379 e. The molecule has 0 amide bonds. The molecule has 0 aliphatic carbocycles. The number of halogens is 1. The van der Waals surface area contributed by atoms with Crippen LogP contribution in [0.5, 0.6) is 0 Å². The van der Waals surface area contributed by atoms with Crippen LogP contribution in [0.2, 0.25) is 5.02 Å². The average Bonchev–Trinajstić information content (AvgIpc) is 2.66. The molecule has 4 heteroatoms. The Morgan fingerprint density at radius 3 is 2.68 bits per heavy atom. The molecule has 0 aliphatic heterocycles. The number of nitrogens with zero attached hydrogens (tertiary/aromatic N) is 2. The van der Waals surface area contributed by atoms with Crippen LogP contribution < -0.4 is 5.32 Å². The van der Waals surface area contributed by atoms with Crippen molar-refractivity contribution in [2.24, 2.45) is 7.05 Å². The summed E-state index contributed by atoms with van der Waals surface area (Å²) in [6.45, 7) is 6.95. The molecule has 0 spiro atoms. The molecule has 0 atom stereocenters. The number of aryl methyl sites for hydroxylation is 4. The Kier molecular flexibility index (Phi) is 4.15. The molecule has 1 aromatic heterocycles. The highest BCUT2D eigenvalue weighted by Gasteiger charge is 2.12. The van der Waals surface area contributed by atoms with Crippen molar-refractivity contribution in [1.29, 1.82) is 0 Å². The van der Waals surface area contributed by atoms with E-state index in [-0.39, 0.29) is 0 Å². The minimum absolute atomic E-state index is 0.687. The van der Waals surface area contributed by atoms with E-state index in [0.29, 0.717) is 6.54 Å². The van der Waals surface area contributed by atoms with Crippen molar-refractivity contribution >= 4 is 17.3 Å². The van der Waals surface area contributed by atoms with Gasteiger partial charge in [-0.05, 0) is 37.5 Å². The SMILES string of the molecule is CCc1nn(C)c(CNc2cc(C)ccc2C)c1Cl. The number of hydrogen-bond donors (Lipinski definition) is 1. The van der Waals surface area contributed by atoms with Crippen molar-refractivity contribution in [1.82, 2.24) is 9.78 Å². The maximum atomic E-state index is 6.34. The predicted molar refractivity (Wildman–Crippen MR) is 80.8 cm³/mol. The first-order chi connectivity index (χ1) is 9.02. The Morgan fingerprint density at radius 2 is 2.05 bits per heavy atom. The molecule has 0 bridgehead atoms. The fourth-order valence-corrected chi connectivity index (χ4v) is 2.48. The van der Waals surface area contributed by atoms with Crippen molar-refractivity contribution in [2.75, 3.05) is 5.32 Å². The maximum absolute atomic E-state index is 6.34. The molecule has 3 nitrogen and oxygen atoms in total. The molecule has 102 valence electrons. The van der Waals surface area contributed by atoms with Crippen LogP contribution in [0.4, 0.5) is 5.69 Å². The zero-order valence-electron chi connectivity index (χ0n) is 11.9. The average molecular weight is 278 g/mol. The lowest BCUT2D eigenvalue weighted by Gasteiger charge is -2.11. The Bertz CT molecular complexity index is 587. The molecule has 2 rings (SSSR count). The smallest absolute Gasteiger partial charge is 0.0868 e. The summed E-state index contributed by atoms with van der Waals surface area (Å²) in [7, 11) is 1.94. The van der Waals surface area contributed by atoms with E-state index in [4.69, 9.17) is 11.6 Å². The zero-order chi connectivity index (χ0) is 14.0. The number of aromatic nitrogens is 2. The van der Waals surface area contributed by atoms with Gasteiger partial charge in [0.15, 0.2) is 0 Å². The highest BCUT2D eigenvalue weighted by atomic mass is 35.5. The Hall–Kier alpha value is -1.48. The number of anilines is 1. The van der Waals surface area contributed by atoms with Gasteiger partial charge in [-0.2, -0.15) is 5.10 Å². The molecule has 0 radical (unpaired) electrons. The van der Waals surface area contributed by atoms with E-state index >= 15 is 0 Å². The Morgan fingerprint density at radius 1 is 1.32 bits per heavy atom. The molecule has 19 heavy (non-hydrogen) atoms. The van der Waals surface area contributed by atoms with Gasteiger partial charge in [-0.3, -0.25) is 4.68 Å². The quantitative estimate of drug-likeness (QED) is 0.919. The van der Waals surface area contributed by atoms with E-state index in [1.54, 1.807) is 0 Å². The summed E-state index contributed by atoms with van der Waals surface area (Å²) < 4.78 is 1.86. The van der Waals surface area contributed by atoms with Gasteiger partial charge >= 0.3 is 0 Å². The summed E-state index contributed by atoms with van der Waals surface area (Å²) in [4.78, 5) is 0. The lowest BCUT2D eigenvalue weighted by molar-refractivity contribution is 0.707. The standard InChI is InChI=1S/C15H20ClN3/c1-5-12-15(16)14(19(4)18-12)9-17-13-8-10(2)6-7-11(13)3/h6-8,17H,5,9H2,1-4H3. The molecule has 0 saturated carbocycles. The molecular formula is C15H20ClN3. The van der Waals surface area contributed by atoms with E-state index in [2.05, 4.69) is 49.4 Å². The van der Waals surface area contributed by atoms with Gasteiger partial charge < -0.3 is 5.32 Å². The van der Waals surface area contributed by atoms with Crippen LogP contribution in [0.25, 0.3) is 0 Å². The Balaban J connectivity index is 2.19. The molecule has 2 aromatic rings. The van der Waals surface area contributed by atoms with Crippen molar-refractivity contribution in [3.05, 3.63) is 45.7 Å². The molecule has 1 heterocycles. The van der Waals surface area contributed by atoms with Crippen molar-refractivity contribution < 1.29 is 0 Å². The second kappa shape index (κ2) is 5.66. The van der Waals surface area contributed by atoms with Crippen molar-refractivity contribution in [3.8, 4) is 0 Å². The van der Waals surface area contributed by atoms with Crippen LogP contribution in [0, 0.1) is 13.8 Å². The Labute approximate surface area is 119 Å². The molecule has 1 aromatic carbocycles. The van der Waals surface area contributed by atoms with Gasteiger partial charge in [-0.1, -0.05) is 30.7 Å². The zero-order valence-corrected chi connectivity index (χ0v) is 12.7. The van der Waals surface area contributed by atoms with E-state index in [0.717, 1.165) is 28.5 Å². The molecule has 1 N–H and O–H groups in total. The number of hydrogen-bond acceptors (Lipinski definition) is 2. The predicted octanol–water partition coefficient (Wildman–Crippen LogP) is 3.86. The third kappa shape index (κ3) is 2.92. The van der Waals surface area contributed by atoms with Crippen LogP contribution in [0.1, 0.15) is 29.4 Å². The molecule has 0 saturated heterocycles. The topological polar surface area (TPSA) is 29.9 Å². The first-order valence-corrected chi connectivity index (χ1v) is 6.92. The van der Waals surface area contributed by atoms with E-state index < -0.39 is 0 Å². The van der Waals surface area contributed by atoms with Crippen molar-refractivity contribution in [3.63, 3.8) is 0 Å². The van der Waals surface area contributed by atoms with Crippen LogP contribution in [-0.2, 0) is 20.0 Å². The number of benzene rings is 1. The lowest BCUT2D eigenvalue weighted by Crippen LogP contribution is -2.07. The van der Waals surface area contributed by atoms with Crippen LogP contribution in [0.15, 0.2) is 18.2 Å². The van der Waals surface area contributed by atoms with Gasteiger partial charge in [0.1, 0.15) is 0 Å². The van der Waals surface area contributed by atoms with E-state index in [9.17, 15) is 0 Å². The molecule has 0 fully saturated rings. The highest BCUT2D eigenvalue weighted by molar-refractivity contribution is 6.31. The summed E-state index contributed by atoms with van der Waals surface area (Å²) in [5.41, 5.74) is 5.62. The fraction of sp³-hybridized carbons (Fsp3) is 0.400. The molecular weight excluding hydrogens is 258 g/mol. The molecule has 0 unspecified atom stereocenters. The fourth-order valence-electron chi connectivity index (χ4n) is 2.12. The van der Waals surface area contributed by atoms with E-state index in [1.807, 2.05) is 11.7 Å². The number of rotatable bonds is 4. The van der Waals surface area contributed by atoms with Gasteiger partial charge in [0.2, 0.25) is 0 Å². The first kappa shape index (κ1) is 13.9. The third-order valence-electron chi connectivity index (χ3n) is 3.34. The molecule has 0 aliphatic rings. The minimum Gasteiger partial charge on any atom is -0.379 e. The normalized spacial score (nSPS) is 10.8. The highest BCUT2D eigenvalue weighted by Crippen LogP contribution is 2.23. The third-order valence-corrected chi connectivity index (χ3v) is 3.78. The summed E-state index contributed by atoms with van der Waals surface area (Å²) in [6, 6.07) is 6.40. The van der Waals surface area contributed by atoms with Gasteiger partial charge in [0.05, 0.1) is 23.0 Å². The summed E-state index contributed by atoms with van der Waals surface area (Å²) in [5.74, 6) is 0. The monoisotopic (exact) mass is 277 g/mol. The van der Waals surface area contributed by atoms with Crippen LogP contribution >= 0.6 is 11.6 Å². The van der Waals surface area contributed by atoms with Crippen molar-refractivity contribution in [2.45, 2.75) is 33.7 Å². The summed E-state index contributed by atoms with van der Waals surface area (Å²) in [6.07, 6.45) is 0.857.